The van der Waals surface area contributed by atoms with Gasteiger partial charge in [0.1, 0.15) is 18.5 Å². The molecule has 128 valence electrons. The van der Waals surface area contributed by atoms with Crippen LogP contribution < -0.4 is 15.4 Å². The van der Waals surface area contributed by atoms with Crippen LogP contribution in [-0.4, -0.2) is 55.4 Å². The number of nitrogen functional groups attached to an aromatic ring is 1. The third kappa shape index (κ3) is 4.63. The number of nitrogens with two attached hydrogens (primary N) is 1. The van der Waals surface area contributed by atoms with Crippen molar-refractivity contribution in [2.75, 3.05) is 50.0 Å². The Morgan fingerprint density at radius 3 is 2.46 bits per heavy atom. The number of anilines is 2. The zero-order valence-corrected chi connectivity index (χ0v) is 13.8. The number of para-hydroxylation sites is 1. The van der Waals surface area contributed by atoms with E-state index in [-0.39, 0.29) is 6.61 Å². The SMILES string of the molecule is Nc1cccc(OCC(O)CN2CCN(c3ccccc3)CC2)c1. The average molecular weight is 327 g/mol. The van der Waals surface area contributed by atoms with Gasteiger partial charge < -0.3 is 20.5 Å². The van der Waals surface area contributed by atoms with Gasteiger partial charge >= 0.3 is 0 Å². The van der Waals surface area contributed by atoms with Crippen LogP contribution in [0.5, 0.6) is 5.75 Å². The van der Waals surface area contributed by atoms with E-state index in [0.29, 0.717) is 18.0 Å². The third-order valence-corrected chi connectivity index (χ3v) is 4.26. The van der Waals surface area contributed by atoms with Gasteiger partial charge in [0.15, 0.2) is 0 Å². The van der Waals surface area contributed by atoms with Gasteiger partial charge in [-0.25, -0.2) is 0 Å². The maximum absolute atomic E-state index is 10.2. The quantitative estimate of drug-likeness (QED) is 0.793. The van der Waals surface area contributed by atoms with E-state index < -0.39 is 6.10 Å². The summed E-state index contributed by atoms with van der Waals surface area (Å²) in [7, 11) is 0. The monoisotopic (exact) mass is 327 g/mol. The molecule has 1 aliphatic rings. The van der Waals surface area contributed by atoms with Gasteiger partial charge in [-0.1, -0.05) is 24.3 Å². The van der Waals surface area contributed by atoms with Gasteiger partial charge in [0.2, 0.25) is 0 Å². The molecule has 3 N–H and O–H groups in total. The summed E-state index contributed by atoms with van der Waals surface area (Å²) in [5, 5.41) is 10.2. The zero-order valence-electron chi connectivity index (χ0n) is 13.8. The maximum atomic E-state index is 10.2. The van der Waals surface area contributed by atoms with Crippen LogP contribution in [-0.2, 0) is 0 Å². The number of β-amino-alcohol motifs (C(OH)–C–C–N with tert-alkyl or cyclic N) is 1. The molecular weight excluding hydrogens is 302 g/mol. The van der Waals surface area contributed by atoms with Crippen LogP contribution in [0.25, 0.3) is 0 Å². The number of ether oxygens (including phenoxy) is 1. The number of nitrogens with zero attached hydrogens (tertiary/aromatic N) is 2. The van der Waals surface area contributed by atoms with Crippen molar-refractivity contribution in [3.05, 3.63) is 54.6 Å². The molecule has 0 aromatic heterocycles. The van der Waals surface area contributed by atoms with Crippen LogP contribution in [0.1, 0.15) is 0 Å². The number of rotatable bonds is 6. The van der Waals surface area contributed by atoms with Gasteiger partial charge in [0.25, 0.3) is 0 Å². The summed E-state index contributed by atoms with van der Waals surface area (Å²) in [6, 6.07) is 17.7. The van der Waals surface area contributed by atoms with Crippen molar-refractivity contribution in [3.63, 3.8) is 0 Å². The van der Waals surface area contributed by atoms with E-state index in [0.717, 1.165) is 26.2 Å². The first-order valence-electron chi connectivity index (χ1n) is 8.39. The van der Waals surface area contributed by atoms with Crippen molar-refractivity contribution in [1.29, 1.82) is 0 Å². The van der Waals surface area contributed by atoms with Gasteiger partial charge in [-0.3, -0.25) is 4.90 Å². The first-order chi connectivity index (χ1) is 11.7. The summed E-state index contributed by atoms with van der Waals surface area (Å²) in [5.74, 6) is 0.697. The summed E-state index contributed by atoms with van der Waals surface area (Å²) in [5.41, 5.74) is 7.65. The van der Waals surface area contributed by atoms with Gasteiger partial charge in [-0.2, -0.15) is 0 Å². The van der Waals surface area contributed by atoms with Crippen LogP contribution in [0.15, 0.2) is 54.6 Å². The van der Waals surface area contributed by atoms with Crippen molar-refractivity contribution in [3.8, 4) is 5.75 Å². The van der Waals surface area contributed by atoms with Gasteiger partial charge in [-0.15, -0.1) is 0 Å². The standard InChI is InChI=1S/C19H25N3O2/c20-16-5-4-8-19(13-16)24-15-18(23)14-21-9-11-22(12-10-21)17-6-2-1-3-7-17/h1-8,13,18,23H,9-12,14-15,20H2. The molecule has 0 amide bonds. The molecule has 5 heteroatoms. The summed E-state index contributed by atoms with van der Waals surface area (Å²) < 4.78 is 5.61. The highest BCUT2D eigenvalue weighted by Gasteiger charge is 2.19. The van der Waals surface area contributed by atoms with E-state index in [4.69, 9.17) is 10.5 Å². The highest BCUT2D eigenvalue weighted by atomic mass is 16.5. The predicted molar refractivity (Wildman–Crippen MR) is 97.5 cm³/mol. The molecule has 2 aromatic rings. The Labute approximate surface area is 143 Å². The largest absolute Gasteiger partial charge is 0.491 e. The van der Waals surface area contributed by atoms with Crippen LogP contribution in [0.2, 0.25) is 0 Å². The zero-order chi connectivity index (χ0) is 16.8. The second-order valence-corrected chi connectivity index (χ2v) is 6.16. The molecule has 1 aliphatic heterocycles. The minimum atomic E-state index is -0.505. The molecule has 1 fully saturated rings. The van der Waals surface area contributed by atoms with E-state index in [1.165, 1.54) is 5.69 Å². The molecule has 1 atom stereocenters. The second-order valence-electron chi connectivity index (χ2n) is 6.16. The van der Waals surface area contributed by atoms with Gasteiger partial charge in [0.05, 0.1) is 0 Å². The van der Waals surface area contributed by atoms with E-state index in [1.54, 1.807) is 6.07 Å². The van der Waals surface area contributed by atoms with E-state index in [1.807, 2.05) is 24.3 Å². The Morgan fingerprint density at radius 2 is 1.75 bits per heavy atom. The second kappa shape index (κ2) is 8.04. The van der Waals surface area contributed by atoms with Crippen molar-refractivity contribution < 1.29 is 9.84 Å². The molecule has 1 unspecified atom stereocenters. The van der Waals surface area contributed by atoms with E-state index >= 15 is 0 Å². The number of piperazine rings is 1. The topological polar surface area (TPSA) is 62.0 Å². The predicted octanol–water partition coefficient (Wildman–Crippen LogP) is 1.83. The van der Waals surface area contributed by atoms with Crippen LogP contribution in [0, 0.1) is 0 Å². The maximum Gasteiger partial charge on any atom is 0.121 e. The van der Waals surface area contributed by atoms with Crippen molar-refractivity contribution in [2.45, 2.75) is 6.10 Å². The fraction of sp³-hybridized carbons (Fsp3) is 0.368. The normalized spacial score (nSPS) is 16.8. The van der Waals surface area contributed by atoms with Gasteiger partial charge in [-0.05, 0) is 24.3 Å². The molecule has 0 radical (unpaired) electrons. The Balaban J connectivity index is 1.41. The van der Waals surface area contributed by atoms with Crippen molar-refractivity contribution in [2.24, 2.45) is 0 Å². The average Bonchev–Trinajstić information content (AvgIpc) is 2.61. The number of benzene rings is 2. The highest BCUT2D eigenvalue weighted by molar-refractivity contribution is 5.46. The minimum absolute atomic E-state index is 0.280. The van der Waals surface area contributed by atoms with Crippen LogP contribution in [0.3, 0.4) is 0 Å². The number of hydrogen-bond donors (Lipinski definition) is 2. The fourth-order valence-electron chi connectivity index (χ4n) is 2.97. The molecule has 0 spiro atoms. The molecule has 24 heavy (non-hydrogen) atoms. The fourth-order valence-corrected chi connectivity index (χ4v) is 2.97. The Kier molecular flexibility index (Phi) is 5.56. The summed E-state index contributed by atoms with van der Waals surface area (Å²) in [6.07, 6.45) is -0.505. The molecule has 1 heterocycles. The van der Waals surface area contributed by atoms with Crippen LogP contribution in [0.4, 0.5) is 11.4 Å². The highest BCUT2D eigenvalue weighted by Crippen LogP contribution is 2.16. The molecule has 2 aromatic carbocycles. The summed E-state index contributed by atoms with van der Waals surface area (Å²) >= 11 is 0. The molecule has 3 rings (SSSR count). The van der Waals surface area contributed by atoms with Crippen LogP contribution >= 0.6 is 0 Å². The first-order valence-corrected chi connectivity index (χ1v) is 8.39. The number of aliphatic hydroxyl groups excluding tert-OH is 1. The molecule has 5 nitrogen and oxygen atoms in total. The lowest BCUT2D eigenvalue weighted by molar-refractivity contribution is 0.0663. The summed E-state index contributed by atoms with van der Waals surface area (Å²) in [6.45, 7) is 4.77. The van der Waals surface area contributed by atoms with Crippen molar-refractivity contribution in [1.82, 2.24) is 4.90 Å². The number of hydrogen-bond acceptors (Lipinski definition) is 5. The Morgan fingerprint density at radius 1 is 1.00 bits per heavy atom. The van der Waals surface area contributed by atoms with Gasteiger partial charge in [0, 0.05) is 50.2 Å². The summed E-state index contributed by atoms with van der Waals surface area (Å²) in [4.78, 5) is 4.67. The molecule has 0 aliphatic carbocycles. The lowest BCUT2D eigenvalue weighted by Gasteiger charge is -2.36. The molecular formula is C19H25N3O2. The lowest BCUT2D eigenvalue weighted by atomic mass is 10.2. The molecule has 0 saturated carbocycles. The number of aliphatic hydroxyl groups is 1. The lowest BCUT2D eigenvalue weighted by Crippen LogP contribution is -2.49. The smallest absolute Gasteiger partial charge is 0.121 e. The van der Waals surface area contributed by atoms with Crippen molar-refractivity contribution >= 4 is 11.4 Å². The Hall–Kier alpha value is -2.24. The minimum Gasteiger partial charge on any atom is -0.491 e. The molecule has 1 saturated heterocycles. The van der Waals surface area contributed by atoms with E-state index in [2.05, 4.69) is 34.1 Å². The Bertz CT molecular complexity index is 628. The third-order valence-electron chi connectivity index (χ3n) is 4.26. The molecule has 0 bridgehead atoms. The first kappa shape index (κ1) is 16.6. The van der Waals surface area contributed by atoms with E-state index in [9.17, 15) is 5.11 Å².